The van der Waals surface area contributed by atoms with Gasteiger partial charge in [0.05, 0.1) is 30.6 Å². The number of fused-ring (bicyclic) bond motifs is 1. The smallest absolute Gasteiger partial charge is 0.150 e. The van der Waals surface area contributed by atoms with Crippen LogP contribution >= 0.6 is 0 Å². The molecule has 0 aliphatic carbocycles. The summed E-state index contributed by atoms with van der Waals surface area (Å²) in [4.78, 5) is 7.42. The monoisotopic (exact) mass is 448 g/mol. The van der Waals surface area contributed by atoms with E-state index in [0.717, 1.165) is 71.9 Å². The van der Waals surface area contributed by atoms with Crippen LogP contribution in [0.5, 0.6) is 0 Å². The number of nitrogens with one attached hydrogen (secondary N) is 1. The molecule has 2 atom stereocenters. The molecule has 2 aliphatic rings. The molecule has 4 aromatic rings. The third-order valence-electron chi connectivity index (χ3n) is 6.61. The van der Waals surface area contributed by atoms with Crippen LogP contribution in [0.25, 0.3) is 33.7 Å². The Morgan fingerprint density at radius 1 is 1.06 bits per heavy atom. The number of pyridine rings is 1. The van der Waals surface area contributed by atoms with Crippen LogP contribution in [0.2, 0.25) is 0 Å². The molecular weight excluding hydrogens is 420 g/mol. The average Bonchev–Trinajstić information content (AvgIpc) is 3.58. The molecule has 10 nitrogen and oxygen atoms in total. The van der Waals surface area contributed by atoms with Crippen molar-refractivity contribution in [1.29, 1.82) is 0 Å². The third kappa shape index (κ3) is 3.50. The molecule has 2 fully saturated rings. The standard InChI is InChI=1S/C23H28N8O2/c1-15-14-32-12-10-30(15)19-13-16(17-6-8-24-29(17)2)21-23(26-19)22(28-27-21)18-7-9-25-31(18)20-5-3-4-11-33-20/h6-9,13,15,20H,3-5,10-12,14H2,1-2H3,(H,27,28)/t15-,20?/m1/s1. The number of hydrogen-bond acceptors (Lipinski definition) is 7. The lowest BCUT2D eigenvalue weighted by molar-refractivity contribution is -0.0383. The van der Waals surface area contributed by atoms with E-state index in [1.54, 1.807) is 0 Å². The zero-order valence-electron chi connectivity index (χ0n) is 18.9. The SMILES string of the molecule is C[C@@H]1COCCN1c1cc(-c2ccnn2C)c2n[nH]c(-c3ccnn3C3CCCCO3)c2n1. The maximum atomic E-state index is 6.02. The molecule has 0 aromatic carbocycles. The molecule has 0 spiro atoms. The highest BCUT2D eigenvalue weighted by Crippen LogP contribution is 2.36. The van der Waals surface area contributed by atoms with E-state index in [1.165, 1.54) is 0 Å². The van der Waals surface area contributed by atoms with Gasteiger partial charge in [-0.3, -0.25) is 9.78 Å². The van der Waals surface area contributed by atoms with Crippen LogP contribution < -0.4 is 4.90 Å². The van der Waals surface area contributed by atoms with Crippen LogP contribution in [0.1, 0.15) is 32.4 Å². The van der Waals surface area contributed by atoms with E-state index in [2.05, 4.69) is 33.2 Å². The molecule has 6 rings (SSSR count). The molecule has 4 aromatic heterocycles. The molecule has 0 radical (unpaired) electrons. The zero-order chi connectivity index (χ0) is 22.4. The predicted molar refractivity (Wildman–Crippen MR) is 124 cm³/mol. The Kier molecular flexibility index (Phi) is 5.11. The molecule has 10 heteroatoms. The minimum atomic E-state index is -0.0684. The van der Waals surface area contributed by atoms with E-state index in [4.69, 9.17) is 19.6 Å². The van der Waals surface area contributed by atoms with Crippen LogP contribution in [0.3, 0.4) is 0 Å². The molecule has 2 saturated heterocycles. The lowest BCUT2D eigenvalue weighted by atomic mass is 10.1. The largest absolute Gasteiger partial charge is 0.377 e. The first-order valence-corrected chi connectivity index (χ1v) is 11.6. The fraction of sp³-hybridized carbons (Fsp3) is 0.478. The van der Waals surface area contributed by atoms with Crippen LogP contribution in [0.4, 0.5) is 5.82 Å². The van der Waals surface area contributed by atoms with Gasteiger partial charge >= 0.3 is 0 Å². The maximum absolute atomic E-state index is 6.02. The molecule has 1 N–H and O–H groups in total. The van der Waals surface area contributed by atoms with E-state index in [-0.39, 0.29) is 12.3 Å². The van der Waals surface area contributed by atoms with Gasteiger partial charge in [0.2, 0.25) is 0 Å². The summed E-state index contributed by atoms with van der Waals surface area (Å²) < 4.78 is 15.5. The number of aromatic amines is 1. The van der Waals surface area contributed by atoms with Crippen LogP contribution in [0, 0.1) is 0 Å². The van der Waals surface area contributed by atoms with E-state index in [1.807, 2.05) is 40.9 Å². The highest BCUT2D eigenvalue weighted by atomic mass is 16.5. The quantitative estimate of drug-likeness (QED) is 0.512. The molecule has 33 heavy (non-hydrogen) atoms. The number of H-pyrrole nitrogens is 1. The van der Waals surface area contributed by atoms with Gasteiger partial charge < -0.3 is 14.4 Å². The summed E-state index contributed by atoms with van der Waals surface area (Å²) in [6, 6.07) is 6.36. The minimum Gasteiger partial charge on any atom is -0.377 e. The van der Waals surface area contributed by atoms with Crippen molar-refractivity contribution < 1.29 is 9.47 Å². The van der Waals surface area contributed by atoms with Gasteiger partial charge in [0.25, 0.3) is 0 Å². The lowest BCUT2D eigenvalue weighted by Crippen LogP contribution is -2.44. The number of nitrogens with zero attached hydrogens (tertiary/aromatic N) is 7. The summed E-state index contributed by atoms with van der Waals surface area (Å²) >= 11 is 0. The Hall–Kier alpha value is -3.24. The van der Waals surface area contributed by atoms with E-state index in [0.29, 0.717) is 13.2 Å². The number of ether oxygens (including phenoxy) is 2. The molecule has 172 valence electrons. The predicted octanol–water partition coefficient (Wildman–Crippen LogP) is 3.15. The third-order valence-corrected chi connectivity index (χ3v) is 6.61. The Morgan fingerprint density at radius 3 is 2.73 bits per heavy atom. The van der Waals surface area contributed by atoms with Crippen molar-refractivity contribution in [2.75, 3.05) is 31.3 Å². The van der Waals surface area contributed by atoms with Gasteiger partial charge in [-0.2, -0.15) is 15.3 Å². The number of anilines is 1. The van der Waals surface area contributed by atoms with Gasteiger partial charge in [-0.15, -0.1) is 0 Å². The molecule has 1 unspecified atom stereocenters. The second kappa shape index (κ2) is 8.27. The van der Waals surface area contributed by atoms with Gasteiger partial charge in [0, 0.05) is 38.2 Å². The Bertz CT molecular complexity index is 1270. The number of hydrogen-bond donors (Lipinski definition) is 1. The summed E-state index contributed by atoms with van der Waals surface area (Å²) in [5.41, 5.74) is 5.40. The Balaban J connectivity index is 1.53. The van der Waals surface area contributed by atoms with Crippen molar-refractivity contribution in [3.63, 3.8) is 0 Å². The van der Waals surface area contributed by atoms with Crippen molar-refractivity contribution in [1.82, 2.24) is 34.7 Å². The second-order valence-electron chi connectivity index (χ2n) is 8.76. The minimum absolute atomic E-state index is 0.0684. The first-order chi connectivity index (χ1) is 16.2. The maximum Gasteiger partial charge on any atom is 0.150 e. The molecule has 2 aliphatic heterocycles. The summed E-state index contributed by atoms with van der Waals surface area (Å²) in [6.07, 6.45) is 6.73. The van der Waals surface area contributed by atoms with Crippen molar-refractivity contribution in [2.24, 2.45) is 7.05 Å². The lowest BCUT2D eigenvalue weighted by Gasteiger charge is -2.34. The fourth-order valence-corrected chi connectivity index (χ4v) is 4.86. The topological polar surface area (TPSA) is 98.9 Å². The molecule has 0 saturated carbocycles. The van der Waals surface area contributed by atoms with Gasteiger partial charge in [-0.1, -0.05) is 0 Å². The van der Waals surface area contributed by atoms with Crippen LogP contribution in [-0.2, 0) is 16.5 Å². The van der Waals surface area contributed by atoms with Crippen LogP contribution in [-0.4, -0.2) is 67.1 Å². The summed E-state index contributed by atoms with van der Waals surface area (Å²) in [5, 5.41) is 16.9. The molecule has 6 heterocycles. The summed E-state index contributed by atoms with van der Waals surface area (Å²) in [5.74, 6) is 0.914. The van der Waals surface area contributed by atoms with Gasteiger partial charge in [-0.05, 0) is 44.4 Å². The Morgan fingerprint density at radius 2 is 1.94 bits per heavy atom. The van der Waals surface area contributed by atoms with E-state index >= 15 is 0 Å². The van der Waals surface area contributed by atoms with Crippen molar-refractivity contribution in [3.8, 4) is 22.6 Å². The summed E-state index contributed by atoms with van der Waals surface area (Å²) in [7, 11) is 1.95. The van der Waals surface area contributed by atoms with Crippen molar-refractivity contribution >= 4 is 16.9 Å². The number of aryl methyl sites for hydroxylation is 1. The number of morpholine rings is 1. The van der Waals surface area contributed by atoms with Crippen LogP contribution in [0.15, 0.2) is 30.6 Å². The van der Waals surface area contributed by atoms with Crippen molar-refractivity contribution in [2.45, 2.75) is 38.5 Å². The van der Waals surface area contributed by atoms with E-state index < -0.39 is 0 Å². The van der Waals surface area contributed by atoms with Gasteiger partial charge in [0.1, 0.15) is 22.5 Å². The van der Waals surface area contributed by atoms with Crippen molar-refractivity contribution in [3.05, 3.63) is 30.6 Å². The summed E-state index contributed by atoms with van der Waals surface area (Å²) in [6.45, 7) is 5.10. The van der Waals surface area contributed by atoms with E-state index in [9.17, 15) is 0 Å². The second-order valence-corrected chi connectivity index (χ2v) is 8.76. The highest BCUT2D eigenvalue weighted by molar-refractivity contribution is 5.99. The highest BCUT2D eigenvalue weighted by Gasteiger charge is 2.26. The Labute approximate surface area is 191 Å². The number of rotatable bonds is 4. The zero-order valence-corrected chi connectivity index (χ0v) is 18.9. The molecule has 0 bridgehead atoms. The number of aromatic nitrogens is 7. The molecular formula is C23H28N8O2. The molecule has 0 amide bonds. The average molecular weight is 449 g/mol. The first-order valence-electron chi connectivity index (χ1n) is 11.6. The fourth-order valence-electron chi connectivity index (χ4n) is 4.86. The normalized spacial score (nSPS) is 21.7. The van der Waals surface area contributed by atoms with Gasteiger partial charge in [0.15, 0.2) is 6.23 Å². The first kappa shape index (κ1) is 20.4. The van der Waals surface area contributed by atoms with Gasteiger partial charge in [-0.25, -0.2) is 9.67 Å².